The van der Waals surface area contributed by atoms with E-state index in [1.54, 1.807) is 0 Å². The summed E-state index contributed by atoms with van der Waals surface area (Å²) >= 11 is 0. The first kappa shape index (κ1) is 40.0. The van der Waals surface area contributed by atoms with E-state index in [-0.39, 0.29) is 0 Å². The Morgan fingerprint density at radius 2 is 0.522 bits per heavy atom. The molecule has 0 saturated carbocycles. The van der Waals surface area contributed by atoms with Crippen LogP contribution in [0.1, 0.15) is 22.3 Å². The maximum Gasteiger partial charge on any atom is 0.0701 e. The smallest absolute Gasteiger partial charge is 0.0622 e. The number of hydrogen-bond donors (Lipinski definition) is 0. The summed E-state index contributed by atoms with van der Waals surface area (Å²) in [4.78, 5) is 0. The van der Waals surface area contributed by atoms with E-state index < -0.39 is 5.41 Å². The molecule has 0 unspecified atom stereocenters. The summed E-state index contributed by atoms with van der Waals surface area (Å²) in [6.45, 7) is 0. The molecule has 0 radical (unpaired) electrons. The van der Waals surface area contributed by atoms with Crippen molar-refractivity contribution in [3.63, 3.8) is 0 Å². The van der Waals surface area contributed by atoms with Crippen LogP contribution in [0.5, 0.6) is 0 Å². The fourth-order valence-electron chi connectivity index (χ4n) is 10.7. The summed E-state index contributed by atoms with van der Waals surface area (Å²) < 4.78 is 0. The van der Waals surface area contributed by atoms with Gasteiger partial charge >= 0.3 is 0 Å². The average Bonchev–Trinajstić information content (AvgIpc) is 3.42. The van der Waals surface area contributed by atoms with Gasteiger partial charge in [-0.1, -0.05) is 255 Å². The lowest BCUT2D eigenvalue weighted by atomic mass is 9.65. The molecule has 0 fully saturated rings. The molecule has 0 spiro atoms. The molecule has 12 aromatic carbocycles. The van der Waals surface area contributed by atoms with Crippen LogP contribution in [-0.2, 0) is 5.41 Å². The van der Waals surface area contributed by atoms with Gasteiger partial charge in [0, 0.05) is 0 Å². The fourth-order valence-corrected chi connectivity index (χ4v) is 10.7. The van der Waals surface area contributed by atoms with Crippen LogP contribution in [0.25, 0.3) is 88.0 Å². The van der Waals surface area contributed by atoms with Crippen molar-refractivity contribution in [3.05, 3.63) is 301 Å². The highest BCUT2D eigenvalue weighted by atomic mass is 14.4. The molecule has 67 heavy (non-hydrogen) atoms. The molecule has 0 saturated heterocycles. The van der Waals surface area contributed by atoms with Gasteiger partial charge in [-0.2, -0.15) is 0 Å². The predicted molar refractivity (Wildman–Crippen MR) is 284 cm³/mol. The SMILES string of the molecule is c1ccc(-c2cc3ccccc3cc2-c2ccc3c(c2)c(-c2ccccc2)c(-c2ccccc2)c2cc(-c4ccc(C(c5ccccc5)(c5ccccc5)c5ccccc5)cc4)ccc23)cc1. The number of rotatable bonds is 9. The first-order valence-corrected chi connectivity index (χ1v) is 23.2. The maximum atomic E-state index is 2.45. The molecule has 314 valence electrons. The molecule has 0 heterocycles. The molecule has 12 rings (SSSR count). The Bertz CT molecular complexity index is 3580. The van der Waals surface area contributed by atoms with Crippen molar-refractivity contribution in [2.24, 2.45) is 0 Å². The van der Waals surface area contributed by atoms with Crippen LogP contribution in [0.3, 0.4) is 0 Å². The topological polar surface area (TPSA) is 0 Å². The van der Waals surface area contributed by atoms with E-state index in [4.69, 9.17) is 0 Å². The van der Waals surface area contributed by atoms with E-state index in [2.05, 4.69) is 279 Å². The molecule has 0 nitrogen and oxygen atoms in total. The van der Waals surface area contributed by atoms with Gasteiger partial charge in [0.15, 0.2) is 0 Å². The lowest BCUT2D eigenvalue weighted by molar-refractivity contribution is 0.745. The Morgan fingerprint density at radius 3 is 0.970 bits per heavy atom. The first-order chi connectivity index (χ1) is 33.2. The highest BCUT2D eigenvalue weighted by Gasteiger charge is 2.38. The van der Waals surface area contributed by atoms with Gasteiger partial charge in [-0.3, -0.25) is 0 Å². The van der Waals surface area contributed by atoms with Gasteiger partial charge in [-0.05, 0) is 134 Å². The molecule has 0 aliphatic rings. The monoisotopic (exact) mass is 850 g/mol. The van der Waals surface area contributed by atoms with E-state index in [9.17, 15) is 0 Å². The van der Waals surface area contributed by atoms with Crippen LogP contribution in [0.15, 0.2) is 279 Å². The quantitative estimate of drug-likeness (QED) is 0.100. The zero-order chi connectivity index (χ0) is 44.6. The minimum absolute atomic E-state index is 0.511. The van der Waals surface area contributed by atoms with Crippen molar-refractivity contribution in [2.75, 3.05) is 0 Å². The Hall–Kier alpha value is -8.58. The zero-order valence-electron chi connectivity index (χ0n) is 37.1. The van der Waals surface area contributed by atoms with Gasteiger partial charge in [-0.25, -0.2) is 0 Å². The molecule has 0 aliphatic heterocycles. The van der Waals surface area contributed by atoms with Crippen molar-refractivity contribution in [3.8, 4) is 55.6 Å². The summed E-state index contributed by atoms with van der Waals surface area (Å²) in [5.41, 5.74) is 16.5. The summed E-state index contributed by atoms with van der Waals surface area (Å²) in [5, 5.41) is 7.41. The van der Waals surface area contributed by atoms with Crippen molar-refractivity contribution in [1.29, 1.82) is 0 Å². The molecule has 12 aromatic rings. The van der Waals surface area contributed by atoms with E-state index in [0.29, 0.717) is 0 Å². The van der Waals surface area contributed by atoms with Gasteiger partial charge in [0.2, 0.25) is 0 Å². The summed E-state index contributed by atoms with van der Waals surface area (Å²) in [7, 11) is 0. The van der Waals surface area contributed by atoms with Crippen LogP contribution in [0.2, 0.25) is 0 Å². The normalized spacial score (nSPS) is 11.6. The molecule has 0 amide bonds. The Labute approximate surface area is 392 Å². The number of hydrogen-bond acceptors (Lipinski definition) is 0. The van der Waals surface area contributed by atoms with Gasteiger partial charge in [-0.15, -0.1) is 0 Å². The predicted octanol–water partition coefficient (Wildman–Crippen LogP) is 17.9. The van der Waals surface area contributed by atoms with Crippen molar-refractivity contribution in [2.45, 2.75) is 5.41 Å². The Kier molecular flexibility index (Phi) is 10.2. The average molecular weight is 851 g/mol. The third-order valence-electron chi connectivity index (χ3n) is 13.8. The summed E-state index contributed by atoms with van der Waals surface area (Å²) in [5.74, 6) is 0. The lowest BCUT2D eigenvalue weighted by Gasteiger charge is -2.37. The minimum Gasteiger partial charge on any atom is -0.0622 e. The van der Waals surface area contributed by atoms with Crippen LogP contribution in [-0.4, -0.2) is 0 Å². The molecule has 0 N–H and O–H groups in total. The van der Waals surface area contributed by atoms with Crippen LogP contribution in [0.4, 0.5) is 0 Å². The molecule has 0 atom stereocenters. The molecular weight excluding hydrogens is 805 g/mol. The Balaban J connectivity index is 1.08. The van der Waals surface area contributed by atoms with E-state index >= 15 is 0 Å². The van der Waals surface area contributed by atoms with Crippen molar-refractivity contribution < 1.29 is 0 Å². The Morgan fingerprint density at radius 1 is 0.194 bits per heavy atom. The largest absolute Gasteiger partial charge is 0.0701 e. The minimum atomic E-state index is -0.511. The van der Waals surface area contributed by atoms with Crippen molar-refractivity contribution in [1.82, 2.24) is 0 Å². The molecule has 0 bridgehead atoms. The molecule has 0 aliphatic carbocycles. The zero-order valence-corrected chi connectivity index (χ0v) is 37.1. The van der Waals surface area contributed by atoms with Gasteiger partial charge in [0.1, 0.15) is 0 Å². The highest BCUT2D eigenvalue weighted by Crippen LogP contribution is 2.49. The van der Waals surface area contributed by atoms with Crippen molar-refractivity contribution >= 4 is 32.3 Å². The fraction of sp³-hybridized carbons (Fsp3) is 0.0149. The van der Waals surface area contributed by atoms with Crippen LogP contribution < -0.4 is 0 Å². The number of benzene rings is 12. The van der Waals surface area contributed by atoms with E-state index in [1.807, 2.05) is 0 Å². The second kappa shape index (κ2) is 17.1. The molecule has 0 aromatic heterocycles. The lowest BCUT2D eigenvalue weighted by Crippen LogP contribution is -2.30. The van der Waals surface area contributed by atoms with Gasteiger partial charge < -0.3 is 0 Å². The second-order valence-corrected chi connectivity index (χ2v) is 17.5. The van der Waals surface area contributed by atoms with Gasteiger partial charge in [0.25, 0.3) is 0 Å². The third kappa shape index (κ3) is 7.03. The third-order valence-corrected chi connectivity index (χ3v) is 13.8. The summed E-state index contributed by atoms with van der Waals surface area (Å²) in [6, 6.07) is 103. The standard InChI is InChI=1S/C67H46/c1-7-21-48(22-8-1)61-43-51-27-19-20-28-52(51)44-62(61)54-38-42-60-59-41-37-53(45-63(59)65(49-23-9-2-10-24-49)66(64(60)46-54)50-25-11-3-12-26-50)47-35-39-58(40-36-47)67(55-29-13-4-14-30-55,56-31-15-5-16-32-56)57-33-17-6-18-34-57/h1-46H. The molecular formula is C67H46. The first-order valence-electron chi connectivity index (χ1n) is 23.2. The second-order valence-electron chi connectivity index (χ2n) is 17.5. The van der Waals surface area contributed by atoms with E-state index in [0.717, 1.165) is 0 Å². The maximum absolute atomic E-state index is 2.45. The van der Waals surface area contributed by atoms with E-state index in [1.165, 1.54) is 110 Å². The molecule has 0 heteroatoms. The number of fused-ring (bicyclic) bond motifs is 4. The van der Waals surface area contributed by atoms with Gasteiger partial charge in [0.05, 0.1) is 5.41 Å². The summed E-state index contributed by atoms with van der Waals surface area (Å²) in [6.07, 6.45) is 0. The van der Waals surface area contributed by atoms with Crippen LogP contribution in [0, 0.1) is 0 Å². The highest BCUT2D eigenvalue weighted by molar-refractivity contribution is 6.23. The van der Waals surface area contributed by atoms with Crippen LogP contribution >= 0.6 is 0 Å².